The molecular weight excluding hydrogens is 385 g/mol. The summed E-state index contributed by atoms with van der Waals surface area (Å²) in [5.41, 5.74) is 1.56. The van der Waals surface area contributed by atoms with E-state index in [4.69, 9.17) is 13.7 Å². The van der Waals surface area contributed by atoms with E-state index in [0.29, 0.717) is 23.0 Å². The Labute approximate surface area is 162 Å². The highest BCUT2D eigenvalue weighted by Gasteiger charge is 2.13. The van der Waals surface area contributed by atoms with Gasteiger partial charge in [0.05, 0.1) is 12.6 Å². The van der Waals surface area contributed by atoms with Crippen LogP contribution in [0.2, 0.25) is 0 Å². The molecule has 142 valence electrons. The lowest BCUT2D eigenvalue weighted by Gasteiger charge is -2.00. The minimum Gasteiger partial charge on any atom is -0.456 e. The van der Waals surface area contributed by atoms with Crippen LogP contribution in [0.25, 0.3) is 22.7 Å². The molecule has 0 N–H and O–H groups in total. The van der Waals surface area contributed by atoms with Gasteiger partial charge < -0.3 is 13.7 Å². The summed E-state index contributed by atoms with van der Waals surface area (Å²) in [7, 11) is 0. The Morgan fingerprint density at radius 2 is 2.00 bits per heavy atom. The third kappa shape index (κ3) is 4.32. The summed E-state index contributed by atoms with van der Waals surface area (Å²) >= 11 is 1.53. The van der Waals surface area contributed by atoms with Gasteiger partial charge in [-0.2, -0.15) is 16.3 Å². The average molecular weight is 399 g/mol. The van der Waals surface area contributed by atoms with E-state index in [1.807, 2.05) is 16.8 Å². The molecule has 4 aromatic rings. The predicted octanol–water partition coefficient (Wildman–Crippen LogP) is 4.27. The molecule has 0 unspecified atom stereocenters. The van der Waals surface area contributed by atoms with Gasteiger partial charge >= 0.3 is 5.97 Å². The number of thiophene rings is 1. The van der Waals surface area contributed by atoms with Crippen molar-refractivity contribution in [3.05, 3.63) is 64.9 Å². The fourth-order valence-electron chi connectivity index (χ4n) is 2.42. The maximum absolute atomic E-state index is 13.0. The summed E-state index contributed by atoms with van der Waals surface area (Å²) in [4.78, 5) is 20.2. The highest BCUT2D eigenvalue weighted by Crippen LogP contribution is 2.21. The summed E-state index contributed by atoms with van der Waals surface area (Å²) in [6, 6.07) is 7.76. The number of halogens is 1. The van der Waals surface area contributed by atoms with Gasteiger partial charge in [0.15, 0.2) is 18.3 Å². The first-order valence-corrected chi connectivity index (χ1v) is 9.33. The van der Waals surface area contributed by atoms with Crippen LogP contribution in [-0.2, 0) is 22.6 Å². The number of ether oxygens (including phenoxy) is 1. The number of aryl methyl sites for hydroxylation is 1. The molecule has 0 bridgehead atoms. The van der Waals surface area contributed by atoms with Gasteiger partial charge in [-0.1, -0.05) is 5.16 Å². The van der Waals surface area contributed by atoms with Gasteiger partial charge in [-0.3, -0.25) is 4.79 Å². The second kappa shape index (κ2) is 8.13. The number of carbonyl (C=O) groups is 1. The van der Waals surface area contributed by atoms with E-state index in [-0.39, 0.29) is 31.2 Å². The van der Waals surface area contributed by atoms with Crippen molar-refractivity contribution in [3.8, 4) is 22.7 Å². The first kappa shape index (κ1) is 18.1. The van der Waals surface area contributed by atoms with E-state index in [9.17, 15) is 9.18 Å². The van der Waals surface area contributed by atoms with Crippen LogP contribution < -0.4 is 0 Å². The number of carbonyl (C=O) groups excluding carboxylic acids is 1. The Bertz CT molecular complexity index is 1060. The van der Waals surface area contributed by atoms with Crippen molar-refractivity contribution in [2.45, 2.75) is 19.4 Å². The summed E-state index contributed by atoms with van der Waals surface area (Å²) in [6.45, 7) is -0.0949. The summed E-state index contributed by atoms with van der Waals surface area (Å²) in [5.74, 6) is 0.834. The molecule has 0 aliphatic carbocycles. The zero-order valence-electron chi connectivity index (χ0n) is 14.5. The highest BCUT2D eigenvalue weighted by atomic mass is 32.1. The van der Waals surface area contributed by atoms with E-state index in [0.717, 1.165) is 5.56 Å². The maximum atomic E-state index is 13.0. The van der Waals surface area contributed by atoms with Gasteiger partial charge in [-0.25, -0.2) is 9.37 Å². The fourth-order valence-corrected chi connectivity index (χ4v) is 3.05. The number of benzene rings is 1. The largest absolute Gasteiger partial charge is 0.456 e. The van der Waals surface area contributed by atoms with Crippen molar-refractivity contribution in [2.24, 2.45) is 0 Å². The van der Waals surface area contributed by atoms with Crippen LogP contribution in [0.4, 0.5) is 4.39 Å². The molecule has 3 aromatic heterocycles. The monoisotopic (exact) mass is 399 g/mol. The molecule has 0 fully saturated rings. The molecule has 0 saturated heterocycles. The highest BCUT2D eigenvalue weighted by molar-refractivity contribution is 7.08. The van der Waals surface area contributed by atoms with Crippen molar-refractivity contribution in [1.82, 2.24) is 15.1 Å². The Kier molecular flexibility index (Phi) is 5.24. The predicted molar refractivity (Wildman–Crippen MR) is 97.6 cm³/mol. The lowest BCUT2D eigenvalue weighted by atomic mass is 10.2. The molecule has 0 atom stereocenters. The molecule has 0 saturated carbocycles. The Morgan fingerprint density at radius 3 is 2.79 bits per heavy atom. The SMILES string of the molecule is O=C(CCc1ncc(-c2ccc(F)cc2)o1)OCc1nc(-c2ccsc2)no1. The lowest BCUT2D eigenvalue weighted by molar-refractivity contribution is -0.145. The number of oxazole rings is 1. The van der Waals surface area contributed by atoms with Gasteiger partial charge in [-0.15, -0.1) is 0 Å². The van der Waals surface area contributed by atoms with E-state index in [1.54, 1.807) is 12.1 Å². The lowest BCUT2D eigenvalue weighted by Crippen LogP contribution is -2.06. The first-order chi connectivity index (χ1) is 13.7. The minimum atomic E-state index is -0.434. The fraction of sp³-hybridized carbons (Fsp3) is 0.158. The van der Waals surface area contributed by atoms with Crippen molar-refractivity contribution in [3.63, 3.8) is 0 Å². The van der Waals surface area contributed by atoms with Crippen LogP contribution in [0.1, 0.15) is 18.2 Å². The van der Waals surface area contributed by atoms with E-state index in [2.05, 4.69) is 15.1 Å². The molecule has 0 spiro atoms. The smallest absolute Gasteiger partial charge is 0.306 e. The second-order valence-electron chi connectivity index (χ2n) is 5.81. The molecule has 4 rings (SSSR count). The van der Waals surface area contributed by atoms with Crippen LogP contribution in [0, 0.1) is 5.82 Å². The number of esters is 1. The van der Waals surface area contributed by atoms with Gasteiger partial charge in [0, 0.05) is 22.9 Å². The van der Waals surface area contributed by atoms with E-state index < -0.39 is 5.97 Å². The molecule has 0 radical (unpaired) electrons. The Balaban J connectivity index is 1.26. The number of nitrogens with zero attached hydrogens (tertiary/aromatic N) is 3. The molecule has 1 aromatic carbocycles. The van der Waals surface area contributed by atoms with Crippen molar-refractivity contribution < 1.29 is 22.9 Å². The average Bonchev–Trinajstić information content (AvgIpc) is 3.46. The van der Waals surface area contributed by atoms with Gasteiger partial charge in [0.2, 0.25) is 5.82 Å². The number of rotatable bonds is 7. The molecule has 9 heteroatoms. The number of hydrogen-bond donors (Lipinski definition) is 0. The quantitative estimate of drug-likeness (QED) is 0.429. The van der Waals surface area contributed by atoms with Gasteiger partial charge in [0.25, 0.3) is 5.89 Å². The summed E-state index contributed by atoms with van der Waals surface area (Å²) in [6.07, 6.45) is 1.91. The van der Waals surface area contributed by atoms with Crippen LogP contribution in [0.15, 0.2) is 56.2 Å². The topological polar surface area (TPSA) is 91.2 Å². The zero-order chi connectivity index (χ0) is 19.3. The molecular formula is C19H14FN3O4S. The molecule has 0 aliphatic heterocycles. The number of aromatic nitrogens is 3. The Morgan fingerprint density at radius 1 is 1.14 bits per heavy atom. The Hall–Kier alpha value is -3.33. The zero-order valence-corrected chi connectivity index (χ0v) is 15.3. The van der Waals surface area contributed by atoms with Crippen LogP contribution in [0.3, 0.4) is 0 Å². The third-order valence-corrected chi connectivity index (χ3v) is 4.51. The van der Waals surface area contributed by atoms with Crippen molar-refractivity contribution in [1.29, 1.82) is 0 Å². The van der Waals surface area contributed by atoms with Crippen molar-refractivity contribution in [2.75, 3.05) is 0 Å². The summed E-state index contributed by atoms with van der Waals surface area (Å²) < 4.78 is 28.8. The van der Waals surface area contributed by atoms with Crippen LogP contribution in [-0.4, -0.2) is 21.1 Å². The van der Waals surface area contributed by atoms with E-state index in [1.165, 1.54) is 29.7 Å². The standard InChI is InChI=1S/C19H14FN3O4S/c20-14-3-1-12(2-4-14)15-9-21-16(26-15)5-6-18(24)25-10-17-22-19(23-27-17)13-7-8-28-11-13/h1-4,7-9,11H,5-6,10H2. The first-order valence-electron chi connectivity index (χ1n) is 8.39. The molecule has 0 aliphatic rings. The van der Waals surface area contributed by atoms with Crippen LogP contribution in [0.5, 0.6) is 0 Å². The minimum absolute atomic E-state index is 0.0922. The van der Waals surface area contributed by atoms with Crippen molar-refractivity contribution >= 4 is 17.3 Å². The molecule has 28 heavy (non-hydrogen) atoms. The third-order valence-electron chi connectivity index (χ3n) is 3.83. The van der Waals surface area contributed by atoms with E-state index >= 15 is 0 Å². The molecule has 3 heterocycles. The summed E-state index contributed by atoms with van der Waals surface area (Å²) in [5, 5.41) is 7.66. The molecule has 0 amide bonds. The van der Waals surface area contributed by atoms with Gasteiger partial charge in [0.1, 0.15) is 5.82 Å². The normalized spacial score (nSPS) is 10.9. The molecule has 7 nitrogen and oxygen atoms in total. The number of hydrogen-bond acceptors (Lipinski definition) is 8. The second-order valence-corrected chi connectivity index (χ2v) is 6.59. The maximum Gasteiger partial charge on any atom is 0.306 e. The van der Waals surface area contributed by atoms with Gasteiger partial charge in [-0.05, 0) is 35.7 Å². The van der Waals surface area contributed by atoms with Crippen LogP contribution >= 0.6 is 11.3 Å².